The van der Waals surface area contributed by atoms with Crippen molar-refractivity contribution in [1.29, 1.82) is 0 Å². The lowest BCUT2D eigenvalue weighted by Crippen LogP contribution is -2.28. The first-order valence-electron chi connectivity index (χ1n) is 12.6. The van der Waals surface area contributed by atoms with E-state index in [1.54, 1.807) is 35.2 Å². The fourth-order valence-corrected chi connectivity index (χ4v) is 5.68. The molecule has 0 saturated carbocycles. The first-order valence-corrected chi connectivity index (χ1v) is 14.1. The van der Waals surface area contributed by atoms with E-state index in [1.165, 1.54) is 23.9 Å². The summed E-state index contributed by atoms with van der Waals surface area (Å²) in [5, 5.41) is 12.0. The Labute approximate surface area is 251 Å². The van der Waals surface area contributed by atoms with Crippen molar-refractivity contribution in [3.8, 4) is 5.75 Å². The molecule has 1 aliphatic rings. The van der Waals surface area contributed by atoms with Gasteiger partial charge in [-0.25, -0.2) is 0 Å². The molecule has 0 N–H and O–H groups in total. The zero-order valence-electron chi connectivity index (χ0n) is 21.6. The molecular formula is C31H23Cl2N3O4S. The molecule has 0 bridgehead atoms. The van der Waals surface area contributed by atoms with E-state index in [4.69, 9.17) is 32.9 Å². The highest BCUT2D eigenvalue weighted by molar-refractivity contribution is 8.18. The maximum atomic E-state index is 13.5. The van der Waals surface area contributed by atoms with E-state index in [9.17, 15) is 14.9 Å². The molecule has 0 aromatic heterocycles. The molecule has 1 amide bonds. The van der Waals surface area contributed by atoms with Gasteiger partial charge in [0.05, 0.1) is 33.0 Å². The summed E-state index contributed by atoms with van der Waals surface area (Å²) in [6.45, 7) is 0.976. The summed E-state index contributed by atoms with van der Waals surface area (Å²) in [6.07, 6.45) is 1.74. The second-order valence-corrected chi connectivity index (χ2v) is 10.9. The standard InChI is InChI=1S/C31H23Cl2N3O4S/c32-26-15-24(16-27(33)29(26)40-20-23-11-13-25(14-12-23)36(38)39)17-28-30(37)35(19-22-9-5-2-6-10-22)31(41-28)34-18-21-7-3-1-4-8-21/h1-17H,18-20H2/b28-17+,34-31?. The number of nitrogens with zero attached hydrogens (tertiary/aromatic N) is 3. The number of amidine groups is 1. The van der Waals surface area contributed by atoms with Crippen molar-refractivity contribution in [2.24, 2.45) is 4.99 Å². The summed E-state index contributed by atoms with van der Waals surface area (Å²) in [5.41, 5.74) is 3.41. The van der Waals surface area contributed by atoms with E-state index in [1.807, 2.05) is 60.7 Å². The van der Waals surface area contributed by atoms with Crippen molar-refractivity contribution in [2.75, 3.05) is 0 Å². The van der Waals surface area contributed by atoms with E-state index >= 15 is 0 Å². The third-order valence-electron chi connectivity index (χ3n) is 6.16. The molecule has 5 rings (SSSR count). The normalized spacial score (nSPS) is 15.1. The first kappa shape index (κ1) is 28.4. The van der Waals surface area contributed by atoms with E-state index in [-0.39, 0.29) is 34.0 Å². The van der Waals surface area contributed by atoms with Gasteiger partial charge in [0.15, 0.2) is 10.9 Å². The van der Waals surface area contributed by atoms with Crippen molar-refractivity contribution in [1.82, 2.24) is 4.90 Å². The van der Waals surface area contributed by atoms with Crippen LogP contribution in [-0.2, 0) is 24.5 Å². The zero-order chi connectivity index (χ0) is 28.8. The van der Waals surface area contributed by atoms with Crippen molar-refractivity contribution in [3.05, 3.63) is 144 Å². The Balaban J connectivity index is 1.36. The Morgan fingerprint density at radius 3 is 2.10 bits per heavy atom. The molecule has 1 heterocycles. The number of carbonyl (C=O) groups excluding carboxylic acids is 1. The predicted octanol–water partition coefficient (Wildman–Crippen LogP) is 8.15. The SMILES string of the molecule is O=C1/C(=C\c2cc(Cl)c(OCc3ccc([N+](=O)[O-])cc3)c(Cl)c2)SC(=NCc2ccccc2)N1Cc1ccccc1. The second-order valence-electron chi connectivity index (χ2n) is 9.10. The van der Waals surface area contributed by atoms with Gasteiger partial charge in [0, 0.05) is 12.1 Å². The molecule has 0 radical (unpaired) electrons. The van der Waals surface area contributed by atoms with Gasteiger partial charge in [-0.1, -0.05) is 83.9 Å². The van der Waals surface area contributed by atoms with Gasteiger partial charge in [-0.2, -0.15) is 0 Å². The van der Waals surface area contributed by atoms with Crippen LogP contribution in [0.1, 0.15) is 22.3 Å². The molecule has 0 unspecified atom stereocenters. The zero-order valence-corrected chi connectivity index (χ0v) is 23.9. The maximum absolute atomic E-state index is 13.5. The molecule has 0 aliphatic carbocycles. The van der Waals surface area contributed by atoms with Crippen LogP contribution in [0.2, 0.25) is 10.0 Å². The highest BCUT2D eigenvalue weighted by Gasteiger charge is 2.33. The Hall–Kier alpha value is -4.11. The fourth-order valence-electron chi connectivity index (χ4n) is 4.10. The minimum Gasteiger partial charge on any atom is -0.486 e. The minimum absolute atomic E-state index is 0.00265. The third-order valence-corrected chi connectivity index (χ3v) is 7.77. The van der Waals surface area contributed by atoms with Crippen LogP contribution in [0.15, 0.2) is 107 Å². The topological polar surface area (TPSA) is 85.0 Å². The van der Waals surface area contributed by atoms with E-state index in [0.29, 0.717) is 28.7 Å². The lowest BCUT2D eigenvalue weighted by molar-refractivity contribution is -0.384. The molecule has 4 aromatic carbocycles. The summed E-state index contributed by atoms with van der Waals surface area (Å²) >= 11 is 14.3. The van der Waals surface area contributed by atoms with Gasteiger partial charge in [-0.05, 0) is 64.4 Å². The Bertz CT molecular complexity index is 1610. The summed E-state index contributed by atoms with van der Waals surface area (Å²) in [7, 11) is 0. The van der Waals surface area contributed by atoms with Crippen LogP contribution < -0.4 is 4.74 Å². The molecule has 1 aliphatic heterocycles. The molecule has 41 heavy (non-hydrogen) atoms. The van der Waals surface area contributed by atoms with Gasteiger partial charge in [0.2, 0.25) is 0 Å². The number of non-ortho nitro benzene ring substituents is 1. The number of benzene rings is 4. The number of ether oxygens (including phenoxy) is 1. The molecule has 10 heteroatoms. The van der Waals surface area contributed by atoms with Gasteiger partial charge in [0.25, 0.3) is 11.6 Å². The predicted molar refractivity (Wildman–Crippen MR) is 164 cm³/mol. The average Bonchev–Trinajstić information content (AvgIpc) is 3.26. The number of halogens is 2. The van der Waals surface area contributed by atoms with Crippen molar-refractivity contribution < 1.29 is 14.5 Å². The van der Waals surface area contributed by atoms with Crippen LogP contribution in [0.25, 0.3) is 6.08 Å². The second kappa shape index (κ2) is 13.0. The van der Waals surface area contributed by atoms with Crippen molar-refractivity contribution in [2.45, 2.75) is 19.7 Å². The highest BCUT2D eigenvalue weighted by atomic mass is 35.5. The van der Waals surface area contributed by atoms with E-state index in [2.05, 4.69) is 0 Å². The van der Waals surface area contributed by atoms with Crippen molar-refractivity contribution >= 4 is 57.8 Å². The highest BCUT2D eigenvalue weighted by Crippen LogP contribution is 2.38. The Morgan fingerprint density at radius 1 is 0.878 bits per heavy atom. The van der Waals surface area contributed by atoms with E-state index < -0.39 is 4.92 Å². The molecule has 1 fully saturated rings. The Kier molecular flexibility index (Phi) is 9.04. The van der Waals surface area contributed by atoms with Gasteiger partial charge >= 0.3 is 0 Å². The van der Waals surface area contributed by atoms with Crippen LogP contribution in [0, 0.1) is 10.1 Å². The molecule has 206 valence electrons. The smallest absolute Gasteiger partial charge is 0.269 e. The lowest BCUT2D eigenvalue weighted by atomic mass is 10.2. The number of nitro benzene ring substituents is 1. The molecule has 7 nitrogen and oxygen atoms in total. The van der Waals surface area contributed by atoms with E-state index in [0.717, 1.165) is 16.7 Å². The van der Waals surface area contributed by atoms with Crippen LogP contribution in [0.5, 0.6) is 5.75 Å². The van der Waals surface area contributed by atoms with Gasteiger partial charge < -0.3 is 4.74 Å². The van der Waals surface area contributed by atoms with Crippen LogP contribution in [0.3, 0.4) is 0 Å². The number of hydrogen-bond donors (Lipinski definition) is 0. The summed E-state index contributed by atoms with van der Waals surface area (Å²) in [4.78, 5) is 30.9. The summed E-state index contributed by atoms with van der Waals surface area (Å²) in [5.74, 6) is 0.131. The summed E-state index contributed by atoms with van der Waals surface area (Å²) < 4.78 is 5.82. The third kappa shape index (κ3) is 7.16. The monoisotopic (exact) mass is 603 g/mol. The van der Waals surface area contributed by atoms with Gasteiger partial charge in [-0.15, -0.1) is 0 Å². The number of aliphatic imine (C=N–C) groups is 1. The molecule has 1 saturated heterocycles. The number of carbonyl (C=O) groups is 1. The quantitative estimate of drug-likeness (QED) is 0.109. The number of nitro groups is 1. The molecule has 0 spiro atoms. The summed E-state index contributed by atoms with van der Waals surface area (Å²) in [6, 6.07) is 29.0. The number of thioether (sulfide) groups is 1. The lowest BCUT2D eigenvalue weighted by Gasteiger charge is -2.15. The fraction of sp³-hybridized carbons (Fsp3) is 0.0968. The average molecular weight is 605 g/mol. The van der Waals surface area contributed by atoms with Crippen LogP contribution in [0.4, 0.5) is 5.69 Å². The largest absolute Gasteiger partial charge is 0.486 e. The number of hydrogen-bond acceptors (Lipinski definition) is 6. The van der Waals surface area contributed by atoms with Crippen LogP contribution >= 0.6 is 35.0 Å². The molecule has 4 aromatic rings. The number of amides is 1. The van der Waals surface area contributed by atoms with Gasteiger partial charge in [0.1, 0.15) is 6.61 Å². The van der Waals surface area contributed by atoms with Crippen LogP contribution in [-0.4, -0.2) is 20.9 Å². The number of rotatable bonds is 9. The maximum Gasteiger partial charge on any atom is 0.269 e. The molecular weight excluding hydrogens is 581 g/mol. The van der Waals surface area contributed by atoms with Gasteiger partial charge in [-0.3, -0.25) is 24.8 Å². The molecule has 0 atom stereocenters. The van der Waals surface area contributed by atoms with Crippen molar-refractivity contribution in [3.63, 3.8) is 0 Å². The minimum atomic E-state index is -0.460. The Morgan fingerprint density at radius 2 is 1.49 bits per heavy atom. The first-order chi connectivity index (χ1) is 19.9.